The minimum absolute atomic E-state index is 0.0144. The number of sulfonamides is 2. The second-order valence-corrected chi connectivity index (χ2v) is 39.5. The Bertz CT molecular complexity index is 7390. The summed E-state index contributed by atoms with van der Waals surface area (Å²) in [5.41, 5.74) is 18.9. The van der Waals surface area contributed by atoms with Crippen molar-refractivity contribution in [3.63, 3.8) is 0 Å². The van der Waals surface area contributed by atoms with Crippen molar-refractivity contribution in [2.45, 2.75) is 114 Å². The van der Waals surface area contributed by atoms with E-state index < -0.39 is 29.9 Å². The number of aliphatic imine (C=N–C) groups is 1. The first-order valence-corrected chi connectivity index (χ1v) is 48.5. The molecule has 4 bridgehead atoms. The maximum atomic E-state index is 12.9. The molecule has 8 aliphatic rings. The van der Waals surface area contributed by atoms with Crippen LogP contribution < -0.4 is 56.7 Å². The zero-order valence-corrected chi connectivity index (χ0v) is 78.9. The van der Waals surface area contributed by atoms with Crippen LogP contribution in [0.3, 0.4) is 0 Å². The lowest BCUT2D eigenvalue weighted by Crippen LogP contribution is -2.68. The number of nitrogen functional groups attached to an aromatic ring is 1. The highest BCUT2D eigenvalue weighted by molar-refractivity contribution is 7.93. The number of nitrogens with one attached hydrogen (secondary N) is 8. The van der Waals surface area contributed by atoms with Gasteiger partial charge in [-0.2, -0.15) is 4.73 Å². The van der Waals surface area contributed by atoms with Gasteiger partial charge in [0, 0.05) is 197 Å². The molecule has 140 heavy (non-hydrogen) atoms. The minimum Gasteiger partial charge on any atom is -0.619 e. The zero-order chi connectivity index (χ0) is 99.8. The number of halogens is 1. The van der Waals surface area contributed by atoms with E-state index in [0.717, 1.165) is 124 Å². The van der Waals surface area contributed by atoms with Crippen molar-refractivity contribution in [1.29, 1.82) is 0 Å². The molecule has 13 aromatic rings. The summed E-state index contributed by atoms with van der Waals surface area (Å²) in [6, 6.07) is 36.7. The van der Waals surface area contributed by atoms with Crippen molar-refractivity contribution in [2.24, 2.45) is 16.8 Å². The molecule has 21 rings (SSSR count). The van der Waals surface area contributed by atoms with Gasteiger partial charge in [-0.1, -0.05) is 0 Å². The quantitative estimate of drug-likeness (QED) is 0.0132. The minimum atomic E-state index is -3.60. The fourth-order valence-corrected chi connectivity index (χ4v) is 19.4. The Morgan fingerprint density at radius 1 is 0.471 bits per heavy atom. The molecule has 42 heteroatoms. The Morgan fingerprint density at radius 2 is 0.886 bits per heavy atom. The molecule has 0 spiro atoms. The number of nitrogens with zero attached hydrogens (tertiary/aromatic N) is 14. The molecule has 0 atom stereocenters. The highest BCUT2D eigenvalue weighted by Crippen LogP contribution is 2.58. The largest absolute Gasteiger partial charge is 0.619 e. The van der Waals surface area contributed by atoms with Crippen LogP contribution in [0.2, 0.25) is 0 Å². The molecule has 14 heterocycles. The van der Waals surface area contributed by atoms with Gasteiger partial charge in [0.05, 0.1) is 35.4 Å². The summed E-state index contributed by atoms with van der Waals surface area (Å²) in [7, 11) is -10.3. The van der Waals surface area contributed by atoms with Crippen LogP contribution in [0, 0.1) is 22.9 Å². The van der Waals surface area contributed by atoms with Crippen LogP contribution in [-0.4, -0.2) is 163 Å². The van der Waals surface area contributed by atoms with Gasteiger partial charge in [-0.25, -0.2) is 69.3 Å². The maximum Gasteiger partial charge on any atom is 0.255 e. The number of hydrogen-bond acceptors (Lipinski definition) is 28. The molecule has 1 aromatic carbocycles. The van der Waals surface area contributed by atoms with Gasteiger partial charge in [-0.05, 0) is 241 Å². The van der Waals surface area contributed by atoms with E-state index in [1.165, 1.54) is 101 Å². The number of anilines is 8. The average molecular weight is 1950 g/mol. The van der Waals surface area contributed by atoms with Gasteiger partial charge in [0.2, 0.25) is 55.5 Å². The monoisotopic (exact) mass is 1950 g/mol. The maximum absolute atomic E-state index is 12.9. The fraction of sp³-hybridized carbons (Fsp3) is 0.214. The number of allylic oxidation sites excluding steroid dienone is 1. The van der Waals surface area contributed by atoms with Crippen LogP contribution in [0.4, 0.5) is 50.8 Å². The Hall–Kier alpha value is -16.5. The SMILES string of the molecule is CC(=O)Nc1cc(-c2cc(S(C)(=O)=O)c[n+]([O-])c2)ccn1.CC(=O)Nc1cc(-c2cnc(N)c(C(=O)NC34CC(C3)C4)c2)ccn1.CC(=O)Nc1cc(-c2cnc3c(c2)C=NC3)ccn1.CC(=O)Nc1cc(-c2cncc(/C=C/C(=O)c3ccc(F)cc3)c2)ccn1.CC(=O)Nc1cc(-c2cncc(N3CCCS3(=O)=O)c2)ccn1.CC(=O)Nc1cc(-c2cncc(S(=O)(=O)NC34CC(C3)C4)c2)ccn1. The summed E-state index contributed by atoms with van der Waals surface area (Å²) in [6.07, 6.45) is 37.2. The second kappa shape index (κ2) is 43.3. The number of fused-ring (bicyclic) bond motifs is 1. The molecule has 12 aromatic heterocycles. The number of ketones is 1. The van der Waals surface area contributed by atoms with Gasteiger partial charge in [0.1, 0.15) is 56.3 Å². The highest BCUT2D eigenvalue weighted by atomic mass is 32.2. The average Bonchev–Trinajstić information content (AvgIpc) is 0.792. The number of benzene rings is 1. The van der Waals surface area contributed by atoms with E-state index in [9.17, 15) is 73.2 Å². The van der Waals surface area contributed by atoms with Crippen molar-refractivity contribution in [2.75, 3.05) is 60.5 Å². The molecule has 38 nitrogen and oxygen atoms in total. The molecule has 0 radical (unpaired) electrons. The van der Waals surface area contributed by atoms with E-state index in [-0.39, 0.29) is 85.4 Å². The van der Waals surface area contributed by atoms with Gasteiger partial charge < -0.3 is 48.2 Å². The predicted molar refractivity (Wildman–Crippen MR) is 524 cm³/mol. The molecule has 6 aliphatic carbocycles. The lowest BCUT2D eigenvalue weighted by molar-refractivity contribution is -0.607. The number of rotatable bonds is 22. The van der Waals surface area contributed by atoms with Crippen LogP contribution in [0.1, 0.15) is 124 Å². The van der Waals surface area contributed by atoms with Crippen LogP contribution in [-0.2, 0) is 65.2 Å². The van der Waals surface area contributed by atoms with E-state index in [1.54, 1.807) is 153 Å². The lowest BCUT2D eigenvalue weighted by atomic mass is 9.50. The number of carbonyl (C=O) groups is 8. The Labute approximate surface area is 804 Å². The summed E-state index contributed by atoms with van der Waals surface area (Å²) in [5, 5.41) is 30.4. The first kappa shape index (κ1) is 99.5. The number of amides is 7. The van der Waals surface area contributed by atoms with Crippen molar-refractivity contribution in [3.8, 4) is 66.8 Å². The molecule has 716 valence electrons. The number of aromatic nitrogens is 12. The smallest absolute Gasteiger partial charge is 0.255 e. The molecule has 0 unspecified atom stereocenters. The molecule has 2 aliphatic heterocycles. The van der Waals surface area contributed by atoms with E-state index in [4.69, 9.17) is 5.73 Å². The topological polar surface area (TPSA) is 546 Å². The molecule has 7 amide bonds. The van der Waals surface area contributed by atoms with Crippen LogP contribution in [0.5, 0.6) is 0 Å². The van der Waals surface area contributed by atoms with Gasteiger partial charge in [0.25, 0.3) is 5.91 Å². The summed E-state index contributed by atoms with van der Waals surface area (Å²) in [5.74, 6) is 2.44. The standard InChI is InChI=1S/C21H16FN3O2.C18H19N5O2.C17H18N4O3S.C15H16N4O3S.C14H12N4O.C13H13N3O4S/c1-14(26)25-21-11-17(8-9-24-21)18-10-15(12-23-13-18)2-7-20(27)16-3-5-19(22)6-4-16;1-10(24)22-15-5-12(2-3-20-15)13-4-14(16(19)21-9-13)17(25)23-18-6-11(7-18)8-18;1-11(22)20-16-5-13(2-3-19-16)14-4-15(10-18-9-14)25(23,24)21-17-6-12(7-17)8-17;1-11(20)18-15-8-12(3-4-17-15)13-7-14(10-16-9-13)19-5-2-6-23(19,21)22;1-9(19)18-14-5-10(2-3-16-14)11-4-12-6-15-8-13(12)17-7-11;1-9(17)15-13-6-10(3-4-14-13)11-5-12(21(2,19)20)8-16(18)7-11/h2-13H,1H3,(H,24,25,26);2-5,9,11H,6-8H2,1H3,(H2,19,21)(H,23,25)(H,20,22,24);2-5,9-10,12,21H,6-8H2,1H3,(H,19,20,22);3-4,7-10H,2,5-6H2,1H3,(H,17,18,20);2-7H,8H2,1H3,(H,16,18,19);3-8H,1-2H3,(H,14,15,17)/b7-2+;;;;;. The number of hydrogen-bond donors (Lipinski definition) is 9. The first-order chi connectivity index (χ1) is 66.7. The summed E-state index contributed by atoms with van der Waals surface area (Å²) >= 11 is 0. The third kappa shape index (κ3) is 26.4. The number of sulfone groups is 1. The van der Waals surface area contributed by atoms with Crippen molar-refractivity contribution in [3.05, 3.63) is 278 Å². The fourth-order valence-electron chi connectivity index (χ4n) is 15.8. The Morgan fingerprint density at radius 3 is 1.32 bits per heavy atom. The summed E-state index contributed by atoms with van der Waals surface area (Å²) < 4.78 is 90.0. The molecule has 6 saturated carbocycles. The normalized spacial score (nSPS) is 16.5. The van der Waals surface area contributed by atoms with E-state index >= 15 is 0 Å². The predicted octanol–water partition coefficient (Wildman–Crippen LogP) is 12.5. The number of nitrogens with two attached hydrogens (primary N) is 1. The van der Waals surface area contributed by atoms with Crippen molar-refractivity contribution >= 4 is 136 Å². The van der Waals surface area contributed by atoms with Crippen LogP contribution in [0.25, 0.3) is 72.8 Å². The van der Waals surface area contributed by atoms with Crippen molar-refractivity contribution in [1.82, 2.24) is 64.9 Å². The van der Waals surface area contributed by atoms with Gasteiger partial charge >= 0.3 is 0 Å². The lowest BCUT2D eigenvalue weighted by Gasteiger charge is -2.61. The van der Waals surface area contributed by atoms with E-state index in [2.05, 4.69) is 102 Å². The van der Waals surface area contributed by atoms with Crippen LogP contribution in [0.15, 0.2) is 253 Å². The molecule has 10 N–H and O–H groups in total. The van der Waals surface area contributed by atoms with Gasteiger partial charge in [-0.3, -0.25) is 67.6 Å². The first-order valence-electron chi connectivity index (χ1n) is 43.6. The number of carbonyl (C=O) groups excluding carboxylic acids is 8. The second-order valence-electron chi connectivity index (χ2n) is 33.8. The molecular weight excluding hydrogens is 1850 g/mol. The Kier molecular flexibility index (Phi) is 30.7. The third-order valence-electron chi connectivity index (χ3n) is 22.5. The highest BCUT2D eigenvalue weighted by Gasteiger charge is 2.59. The Balaban J connectivity index is 0.000000134. The molecule has 7 fully saturated rings. The summed E-state index contributed by atoms with van der Waals surface area (Å²) in [4.78, 5) is 141. The van der Waals surface area contributed by atoms with E-state index in [0.29, 0.717) is 98.6 Å². The molecular formula is C98H94FN23O15S3. The molecule has 1 saturated heterocycles. The summed E-state index contributed by atoms with van der Waals surface area (Å²) in [6.45, 7) is 9.59. The van der Waals surface area contributed by atoms with Gasteiger partial charge in [0.15, 0.2) is 28.0 Å². The van der Waals surface area contributed by atoms with Gasteiger partial charge in [-0.15, -0.1) is 0 Å². The number of pyridine rings is 12. The zero-order valence-electron chi connectivity index (χ0n) is 76.5. The third-order valence-corrected chi connectivity index (χ3v) is 27.0. The van der Waals surface area contributed by atoms with E-state index in [1.807, 2.05) is 36.7 Å². The van der Waals surface area contributed by atoms with Crippen LogP contribution >= 0.6 is 0 Å². The van der Waals surface area contributed by atoms with Crippen molar-refractivity contribution < 1.29 is 72.7 Å².